The number of amides is 2. The molecule has 0 aliphatic heterocycles. The van der Waals surface area contributed by atoms with E-state index in [4.69, 9.17) is 4.74 Å². The SMILES string of the molecule is CCOC(=O)[C@H](C)C[C@H](NC(=O)c1cccc(NC(C)=O)c1)C(=O)O. The van der Waals surface area contributed by atoms with Gasteiger partial charge < -0.3 is 20.5 Å². The van der Waals surface area contributed by atoms with Crippen molar-refractivity contribution in [1.29, 1.82) is 0 Å². The van der Waals surface area contributed by atoms with Crippen LogP contribution >= 0.6 is 0 Å². The second kappa shape index (κ2) is 9.41. The number of aliphatic carboxylic acids is 1. The van der Waals surface area contributed by atoms with Gasteiger partial charge in [-0.2, -0.15) is 0 Å². The number of anilines is 1. The summed E-state index contributed by atoms with van der Waals surface area (Å²) in [5.41, 5.74) is 0.619. The second-order valence-corrected chi connectivity index (χ2v) is 5.52. The van der Waals surface area contributed by atoms with Crippen LogP contribution in [0.4, 0.5) is 5.69 Å². The number of hydrogen-bond donors (Lipinski definition) is 3. The van der Waals surface area contributed by atoms with Gasteiger partial charge in [-0.15, -0.1) is 0 Å². The van der Waals surface area contributed by atoms with Crippen molar-refractivity contribution in [3.63, 3.8) is 0 Å². The van der Waals surface area contributed by atoms with Crippen LogP contribution in [-0.2, 0) is 19.1 Å². The van der Waals surface area contributed by atoms with Crippen LogP contribution in [0.25, 0.3) is 0 Å². The molecule has 0 heterocycles. The first kappa shape index (κ1) is 20.1. The minimum Gasteiger partial charge on any atom is -0.480 e. The lowest BCUT2D eigenvalue weighted by molar-refractivity contribution is -0.148. The Morgan fingerprint density at radius 2 is 1.92 bits per heavy atom. The summed E-state index contributed by atoms with van der Waals surface area (Å²) in [4.78, 5) is 46.3. The summed E-state index contributed by atoms with van der Waals surface area (Å²) in [6, 6.07) is 4.86. The van der Waals surface area contributed by atoms with Crippen molar-refractivity contribution in [3.8, 4) is 0 Å². The van der Waals surface area contributed by atoms with Gasteiger partial charge in [-0.25, -0.2) is 4.79 Å². The highest BCUT2D eigenvalue weighted by atomic mass is 16.5. The van der Waals surface area contributed by atoms with Gasteiger partial charge in [0.1, 0.15) is 6.04 Å². The normalized spacial score (nSPS) is 12.6. The third-order valence-electron chi connectivity index (χ3n) is 3.33. The lowest BCUT2D eigenvalue weighted by Crippen LogP contribution is -2.42. The lowest BCUT2D eigenvalue weighted by Gasteiger charge is -2.18. The smallest absolute Gasteiger partial charge is 0.326 e. The van der Waals surface area contributed by atoms with E-state index in [2.05, 4.69) is 10.6 Å². The molecule has 0 saturated carbocycles. The van der Waals surface area contributed by atoms with Crippen molar-refractivity contribution >= 4 is 29.4 Å². The van der Waals surface area contributed by atoms with Gasteiger partial charge in [-0.1, -0.05) is 13.0 Å². The van der Waals surface area contributed by atoms with E-state index in [9.17, 15) is 24.3 Å². The van der Waals surface area contributed by atoms with Crippen LogP contribution in [0.15, 0.2) is 24.3 Å². The maximum atomic E-state index is 12.3. The molecule has 3 N–H and O–H groups in total. The first-order chi connectivity index (χ1) is 11.7. The zero-order valence-corrected chi connectivity index (χ0v) is 14.4. The van der Waals surface area contributed by atoms with Gasteiger partial charge in [-0.3, -0.25) is 14.4 Å². The van der Waals surface area contributed by atoms with Gasteiger partial charge in [0.25, 0.3) is 5.91 Å². The highest BCUT2D eigenvalue weighted by Gasteiger charge is 2.26. The number of carbonyl (C=O) groups is 4. The largest absolute Gasteiger partial charge is 0.480 e. The molecule has 0 radical (unpaired) electrons. The Hall–Kier alpha value is -2.90. The van der Waals surface area contributed by atoms with Gasteiger partial charge in [0.05, 0.1) is 12.5 Å². The molecule has 0 spiro atoms. The number of nitrogens with one attached hydrogen (secondary N) is 2. The van der Waals surface area contributed by atoms with E-state index in [1.54, 1.807) is 19.1 Å². The van der Waals surface area contributed by atoms with E-state index < -0.39 is 29.8 Å². The van der Waals surface area contributed by atoms with Crippen molar-refractivity contribution in [1.82, 2.24) is 5.32 Å². The molecule has 1 aromatic rings. The predicted molar refractivity (Wildman–Crippen MR) is 90.0 cm³/mol. The Labute approximate surface area is 145 Å². The molecule has 136 valence electrons. The Morgan fingerprint density at radius 1 is 1.24 bits per heavy atom. The highest BCUT2D eigenvalue weighted by molar-refractivity contribution is 5.98. The zero-order valence-electron chi connectivity index (χ0n) is 14.4. The molecule has 2 atom stereocenters. The predicted octanol–water partition coefficient (Wildman–Crippen LogP) is 1.42. The van der Waals surface area contributed by atoms with Crippen LogP contribution < -0.4 is 10.6 Å². The van der Waals surface area contributed by atoms with Gasteiger partial charge in [0.15, 0.2) is 0 Å². The number of carboxylic acid groups (broad SMARTS) is 1. The topological polar surface area (TPSA) is 122 Å². The molecule has 2 amide bonds. The van der Waals surface area contributed by atoms with Gasteiger partial charge >= 0.3 is 11.9 Å². The van der Waals surface area contributed by atoms with E-state index in [1.807, 2.05) is 0 Å². The second-order valence-electron chi connectivity index (χ2n) is 5.52. The number of carbonyl (C=O) groups excluding carboxylic acids is 3. The zero-order chi connectivity index (χ0) is 19.0. The summed E-state index contributed by atoms with van der Waals surface area (Å²) in [6.07, 6.45) is -0.0920. The molecular formula is C17H22N2O6. The van der Waals surface area contributed by atoms with Crippen molar-refractivity contribution in [3.05, 3.63) is 29.8 Å². The molecule has 0 bridgehead atoms. The summed E-state index contributed by atoms with van der Waals surface area (Å²) >= 11 is 0. The van der Waals surface area contributed by atoms with Crippen molar-refractivity contribution in [2.45, 2.75) is 33.2 Å². The number of benzene rings is 1. The third kappa shape index (κ3) is 6.62. The van der Waals surface area contributed by atoms with E-state index in [0.717, 1.165) is 0 Å². The fourth-order valence-corrected chi connectivity index (χ4v) is 2.14. The van der Waals surface area contributed by atoms with Crippen LogP contribution in [0.1, 0.15) is 37.6 Å². The van der Waals surface area contributed by atoms with Gasteiger partial charge in [0.2, 0.25) is 5.91 Å². The molecule has 0 saturated heterocycles. The fourth-order valence-electron chi connectivity index (χ4n) is 2.14. The molecule has 1 aromatic carbocycles. The number of esters is 1. The standard InChI is InChI=1S/C17H22N2O6/c1-4-25-17(24)10(2)8-14(16(22)23)19-15(21)12-6-5-7-13(9-12)18-11(3)20/h5-7,9-10,14H,4,8H2,1-3H3,(H,18,20)(H,19,21)(H,22,23)/t10-,14+/m1/s1. The van der Waals surface area contributed by atoms with Crippen LogP contribution in [0.5, 0.6) is 0 Å². The number of carboxylic acids is 1. The third-order valence-corrected chi connectivity index (χ3v) is 3.33. The molecule has 1 rings (SSSR count). The first-order valence-corrected chi connectivity index (χ1v) is 7.82. The molecule has 8 heteroatoms. The number of ether oxygens (including phenoxy) is 1. The maximum Gasteiger partial charge on any atom is 0.326 e. The quantitative estimate of drug-likeness (QED) is 0.610. The fraction of sp³-hybridized carbons (Fsp3) is 0.412. The summed E-state index contributed by atoms with van der Waals surface area (Å²) in [7, 11) is 0. The summed E-state index contributed by atoms with van der Waals surface area (Å²) in [5, 5.41) is 14.2. The average Bonchev–Trinajstić information content (AvgIpc) is 2.53. The summed E-state index contributed by atoms with van der Waals surface area (Å²) < 4.78 is 4.84. The molecule has 25 heavy (non-hydrogen) atoms. The van der Waals surface area contributed by atoms with Crippen LogP contribution in [-0.4, -0.2) is 41.5 Å². The van der Waals surface area contributed by atoms with E-state index in [1.165, 1.54) is 26.0 Å². The maximum absolute atomic E-state index is 12.3. The number of hydrogen-bond acceptors (Lipinski definition) is 5. The van der Waals surface area contributed by atoms with Crippen LogP contribution in [0, 0.1) is 5.92 Å². The lowest BCUT2D eigenvalue weighted by atomic mass is 10.0. The molecule has 0 aliphatic rings. The average molecular weight is 350 g/mol. The molecule has 0 fully saturated rings. The van der Waals surface area contributed by atoms with E-state index >= 15 is 0 Å². The number of rotatable bonds is 8. The Bertz CT molecular complexity index is 658. The highest BCUT2D eigenvalue weighted by Crippen LogP contribution is 2.13. The first-order valence-electron chi connectivity index (χ1n) is 7.82. The Morgan fingerprint density at radius 3 is 2.48 bits per heavy atom. The van der Waals surface area contributed by atoms with Crippen molar-refractivity contribution in [2.75, 3.05) is 11.9 Å². The Balaban J connectivity index is 2.81. The molecular weight excluding hydrogens is 328 g/mol. The summed E-state index contributed by atoms with van der Waals surface area (Å²) in [6.45, 7) is 4.73. The van der Waals surface area contributed by atoms with E-state index in [-0.39, 0.29) is 24.5 Å². The van der Waals surface area contributed by atoms with Gasteiger partial charge in [0, 0.05) is 18.2 Å². The Kier molecular flexibility index (Phi) is 7.58. The molecule has 0 unspecified atom stereocenters. The van der Waals surface area contributed by atoms with Crippen molar-refractivity contribution in [2.24, 2.45) is 5.92 Å². The van der Waals surface area contributed by atoms with Crippen LogP contribution in [0.3, 0.4) is 0 Å². The summed E-state index contributed by atoms with van der Waals surface area (Å²) in [5.74, 6) is -3.34. The van der Waals surface area contributed by atoms with E-state index in [0.29, 0.717) is 5.69 Å². The molecule has 8 nitrogen and oxygen atoms in total. The van der Waals surface area contributed by atoms with Gasteiger partial charge in [-0.05, 0) is 31.5 Å². The minimum atomic E-state index is -1.25. The minimum absolute atomic E-state index is 0.0920. The molecule has 0 aliphatic carbocycles. The van der Waals surface area contributed by atoms with Crippen LogP contribution in [0.2, 0.25) is 0 Å². The van der Waals surface area contributed by atoms with Crippen molar-refractivity contribution < 1.29 is 29.0 Å². The monoisotopic (exact) mass is 350 g/mol. The molecule has 0 aromatic heterocycles.